The molecule has 0 saturated carbocycles. The van der Waals surface area contributed by atoms with Gasteiger partial charge < -0.3 is 14.2 Å². The molecular weight excluding hydrogens is 529 g/mol. The van der Waals surface area contributed by atoms with E-state index in [0.29, 0.717) is 38.6 Å². The van der Waals surface area contributed by atoms with Crippen molar-refractivity contribution in [3.8, 4) is 22.8 Å². The van der Waals surface area contributed by atoms with Gasteiger partial charge in [-0.2, -0.15) is 0 Å². The molecule has 0 aliphatic rings. The number of furan rings is 1. The van der Waals surface area contributed by atoms with Crippen LogP contribution in [-0.4, -0.2) is 16.0 Å². The number of carbonyl (C=O) groups excluding carboxylic acids is 1. The maximum atomic E-state index is 12.4. The van der Waals surface area contributed by atoms with E-state index < -0.39 is 5.91 Å². The molecule has 0 bridgehead atoms. The number of amides is 1. The van der Waals surface area contributed by atoms with Crippen LogP contribution in [0.5, 0.6) is 0 Å². The zero-order valence-corrected chi connectivity index (χ0v) is 21.7. The highest BCUT2D eigenvalue weighted by atomic mass is 35.5. The Morgan fingerprint density at radius 3 is 2.65 bits per heavy atom. The Balaban J connectivity index is 1.23. The van der Waals surface area contributed by atoms with Gasteiger partial charge >= 0.3 is 0 Å². The first-order valence-electron chi connectivity index (χ1n) is 11.2. The normalized spacial score (nSPS) is 11.2. The van der Waals surface area contributed by atoms with Gasteiger partial charge in [0.1, 0.15) is 17.0 Å². The van der Waals surface area contributed by atoms with Crippen LogP contribution in [0.4, 0.5) is 5.69 Å². The van der Waals surface area contributed by atoms with Crippen molar-refractivity contribution in [2.75, 3.05) is 5.32 Å². The van der Waals surface area contributed by atoms with Crippen molar-refractivity contribution in [1.82, 2.24) is 10.3 Å². The number of aryl methyl sites for hydroxylation is 1. The molecule has 6 nitrogen and oxygen atoms in total. The molecule has 0 radical (unpaired) electrons. The highest BCUT2D eigenvalue weighted by molar-refractivity contribution is 7.80. The van der Waals surface area contributed by atoms with E-state index in [9.17, 15) is 4.79 Å². The zero-order valence-electron chi connectivity index (χ0n) is 19.4. The van der Waals surface area contributed by atoms with Crippen LogP contribution < -0.4 is 10.6 Å². The zero-order chi connectivity index (χ0) is 25.9. The third-order valence-corrected chi connectivity index (χ3v) is 6.24. The number of thiocarbonyl (C=S) groups is 1. The number of anilines is 1. The molecular formula is C28H19Cl2N3O3S. The first-order chi connectivity index (χ1) is 17.9. The molecule has 1 amide bonds. The maximum Gasteiger partial charge on any atom is 0.250 e. The number of benzene rings is 3. The third-order valence-electron chi connectivity index (χ3n) is 5.49. The van der Waals surface area contributed by atoms with Crippen LogP contribution >= 0.6 is 35.4 Å². The van der Waals surface area contributed by atoms with Crippen molar-refractivity contribution < 1.29 is 13.6 Å². The van der Waals surface area contributed by atoms with E-state index in [-0.39, 0.29) is 5.11 Å². The molecule has 5 aromatic rings. The van der Waals surface area contributed by atoms with Crippen molar-refractivity contribution in [3.63, 3.8) is 0 Å². The minimum atomic E-state index is -0.410. The van der Waals surface area contributed by atoms with Crippen LogP contribution in [0.15, 0.2) is 87.7 Å². The Hall–Kier alpha value is -3.91. The van der Waals surface area contributed by atoms with Crippen LogP contribution in [-0.2, 0) is 4.79 Å². The SMILES string of the molecule is Cc1ccc(-c2nc3ccccc3o2)cc1NC(=S)NC(=O)/C=C/c1ccc(-c2ccc(Cl)cc2Cl)o1. The average Bonchev–Trinajstić information content (AvgIpc) is 3.51. The van der Waals surface area contributed by atoms with Gasteiger partial charge in [0.15, 0.2) is 10.7 Å². The summed E-state index contributed by atoms with van der Waals surface area (Å²) in [7, 11) is 0. The van der Waals surface area contributed by atoms with Crippen LogP contribution in [0.25, 0.3) is 40.0 Å². The smallest absolute Gasteiger partial charge is 0.250 e. The lowest BCUT2D eigenvalue weighted by Crippen LogP contribution is -2.33. The van der Waals surface area contributed by atoms with Crippen molar-refractivity contribution >= 4 is 69.3 Å². The Bertz CT molecular complexity index is 1640. The summed E-state index contributed by atoms with van der Waals surface area (Å²) in [5, 5.41) is 6.87. The topological polar surface area (TPSA) is 80.3 Å². The Morgan fingerprint density at radius 1 is 1.00 bits per heavy atom. The lowest BCUT2D eigenvalue weighted by molar-refractivity contribution is -0.115. The van der Waals surface area contributed by atoms with E-state index in [4.69, 9.17) is 44.3 Å². The molecule has 2 N–H and O–H groups in total. The fourth-order valence-electron chi connectivity index (χ4n) is 3.63. The van der Waals surface area contributed by atoms with E-state index >= 15 is 0 Å². The van der Waals surface area contributed by atoms with E-state index in [1.54, 1.807) is 36.4 Å². The average molecular weight is 548 g/mol. The van der Waals surface area contributed by atoms with Gasteiger partial charge in [-0.1, -0.05) is 41.4 Å². The van der Waals surface area contributed by atoms with Gasteiger partial charge in [0.2, 0.25) is 11.8 Å². The number of oxazole rings is 1. The second kappa shape index (κ2) is 10.6. The van der Waals surface area contributed by atoms with Crippen molar-refractivity contribution in [2.24, 2.45) is 0 Å². The number of hydrogen-bond acceptors (Lipinski definition) is 5. The van der Waals surface area contributed by atoms with Crippen LogP contribution in [0.2, 0.25) is 10.0 Å². The predicted octanol–water partition coefficient (Wildman–Crippen LogP) is 7.90. The minimum absolute atomic E-state index is 0.153. The van der Waals surface area contributed by atoms with Gasteiger partial charge in [-0.05, 0) is 85.4 Å². The van der Waals surface area contributed by atoms with E-state index in [0.717, 1.165) is 22.3 Å². The molecule has 2 aromatic heterocycles. The molecule has 184 valence electrons. The number of aromatic nitrogens is 1. The molecule has 0 spiro atoms. The highest BCUT2D eigenvalue weighted by Gasteiger charge is 2.12. The van der Waals surface area contributed by atoms with E-state index in [1.165, 1.54) is 6.08 Å². The Kier molecular flexibility index (Phi) is 7.10. The predicted molar refractivity (Wildman–Crippen MR) is 152 cm³/mol. The lowest BCUT2D eigenvalue weighted by Gasteiger charge is -2.11. The van der Waals surface area contributed by atoms with Gasteiger partial charge in [0.05, 0.1) is 5.02 Å². The molecule has 9 heteroatoms. The molecule has 0 unspecified atom stereocenters. The minimum Gasteiger partial charge on any atom is -0.457 e. The van der Waals surface area contributed by atoms with Crippen molar-refractivity contribution in [2.45, 2.75) is 6.92 Å². The summed E-state index contributed by atoms with van der Waals surface area (Å²) in [6.07, 6.45) is 2.88. The van der Waals surface area contributed by atoms with Crippen molar-refractivity contribution in [1.29, 1.82) is 0 Å². The second-order valence-electron chi connectivity index (χ2n) is 8.12. The van der Waals surface area contributed by atoms with Crippen molar-refractivity contribution in [3.05, 3.63) is 100 Å². The molecule has 3 aromatic carbocycles. The standard InChI is InChI=1S/C28H19Cl2N3O3S/c1-16-6-7-17(27-31-22-4-2-3-5-25(22)36-27)14-23(16)32-28(37)33-26(34)13-10-19-9-12-24(35-19)20-11-8-18(29)15-21(20)30/h2-15H,1H3,(H2,32,33,34,37)/b13-10+. The molecule has 0 saturated heterocycles. The number of nitrogens with zero attached hydrogens (tertiary/aromatic N) is 1. The fraction of sp³-hybridized carbons (Fsp3) is 0.0357. The number of hydrogen-bond donors (Lipinski definition) is 2. The van der Waals surface area contributed by atoms with Crippen LogP contribution in [0, 0.1) is 6.92 Å². The van der Waals surface area contributed by atoms with E-state index in [1.807, 2.05) is 49.4 Å². The number of fused-ring (bicyclic) bond motifs is 1. The summed E-state index contributed by atoms with van der Waals surface area (Å²) in [5.74, 6) is 1.14. The number of carbonyl (C=O) groups is 1. The molecule has 0 atom stereocenters. The van der Waals surface area contributed by atoms with Crippen LogP contribution in [0.3, 0.4) is 0 Å². The third kappa shape index (κ3) is 5.75. The Morgan fingerprint density at radius 2 is 1.84 bits per heavy atom. The first kappa shape index (κ1) is 24.8. The summed E-state index contributed by atoms with van der Waals surface area (Å²) in [6, 6.07) is 21.9. The summed E-state index contributed by atoms with van der Waals surface area (Å²) >= 11 is 17.5. The largest absolute Gasteiger partial charge is 0.457 e. The highest BCUT2D eigenvalue weighted by Crippen LogP contribution is 2.32. The lowest BCUT2D eigenvalue weighted by atomic mass is 10.1. The van der Waals surface area contributed by atoms with Gasteiger partial charge in [-0.15, -0.1) is 0 Å². The van der Waals surface area contributed by atoms with E-state index in [2.05, 4.69) is 15.6 Å². The molecule has 0 fully saturated rings. The number of nitrogens with one attached hydrogen (secondary N) is 2. The summed E-state index contributed by atoms with van der Waals surface area (Å²) < 4.78 is 11.6. The maximum absolute atomic E-state index is 12.4. The van der Waals surface area contributed by atoms with Gasteiger partial charge in [-0.25, -0.2) is 4.98 Å². The van der Waals surface area contributed by atoms with Crippen LogP contribution in [0.1, 0.15) is 11.3 Å². The molecule has 5 rings (SSSR count). The molecule has 0 aliphatic heterocycles. The molecule has 37 heavy (non-hydrogen) atoms. The number of para-hydroxylation sites is 2. The van der Waals surface area contributed by atoms with Gasteiger partial charge in [0.25, 0.3) is 0 Å². The second-order valence-corrected chi connectivity index (χ2v) is 9.37. The monoisotopic (exact) mass is 547 g/mol. The first-order valence-corrected chi connectivity index (χ1v) is 12.3. The van der Waals surface area contributed by atoms with Gasteiger partial charge in [0, 0.05) is 27.9 Å². The summed E-state index contributed by atoms with van der Waals surface area (Å²) in [6.45, 7) is 1.93. The molecule has 0 aliphatic carbocycles. The number of halogens is 2. The van der Waals surface area contributed by atoms with Gasteiger partial charge in [-0.3, -0.25) is 10.1 Å². The number of rotatable bonds is 5. The quantitative estimate of drug-likeness (QED) is 0.172. The summed E-state index contributed by atoms with van der Waals surface area (Å²) in [4.78, 5) is 17.0. The Labute approximate surface area is 227 Å². The molecule has 2 heterocycles. The summed E-state index contributed by atoms with van der Waals surface area (Å²) in [5.41, 5.74) is 4.65. The fourth-order valence-corrected chi connectivity index (χ4v) is 4.34.